The van der Waals surface area contributed by atoms with Crippen LogP contribution in [0.25, 0.3) is 0 Å². The molecule has 25 heavy (non-hydrogen) atoms. The number of hydrogen-bond donors (Lipinski definition) is 2. The number of carbonyl (C=O) groups is 1. The molecule has 1 amide bonds. The smallest absolute Gasteiger partial charge is 0.408 e. The van der Waals surface area contributed by atoms with E-state index in [2.05, 4.69) is 5.32 Å². The van der Waals surface area contributed by atoms with Crippen LogP contribution in [0.3, 0.4) is 0 Å². The van der Waals surface area contributed by atoms with Crippen molar-refractivity contribution >= 4 is 6.09 Å². The van der Waals surface area contributed by atoms with Crippen molar-refractivity contribution in [2.75, 3.05) is 6.79 Å². The number of benzene rings is 2. The fraction of sp³-hybridized carbons (Fsp3) is 0.316. The molecule has 132 valence electrons. The minimum Gasteiger partial charge on any atom is -0.507 e. The average Bonchev–Trinajstić information content (AvgIpc) is 2.98. The Labute approximate surface area is 146 Å². The number of carbonyl (C=O) groups excluding carboxylic acids is 1. The van der Waals surface area contributed by atoms with Gasteiger partial charge in [-0.1, -0.05) is 30.3 Å². The minimum atomic E-state index is -0.623. The average molecular weight is 343 g/mol. The Morgan fingerprint density at radius 3 is 2.44 bits per heavy atom. The lowest BCUT2D eigenvalue weighted by Crippen LogP contribution is -2.35. The molecule has 3 rings (SSSR count). The maximum absolute atomic E-state index is 12.3. The zero-order chi connectivity index (χ0) is 18.0. The van der Waals surface area contributed by atoms with E-state index in [1.165, 1.54) is 6.07 Å². The van der Waals surface area contributed by atoms with E-state index in [0.717, 1.165) is 5.56 Å². The molecular weight excluding hydrogens is 322 g/mol. The van der Waals surface area contributed by atoms with Gasteiger partial charge in [0.05, 0.1) is 6.04 Å². The Bertz CT molecular complexity index is 767. The fourth-order valence-corrected chi connectivity index (χ4v) is 2.59. The predicted octanol–water partition coefficient (Wildman–Crippen LogP) is 3.74. The van der Waals surface area contributed by atoms with Gasteiger partial charge in [-0.3, -0.25) is 0 Å². The van der Waals surface area contributed by atoms with Crippen molar-refractivity contribution < 1.29 is 24.1 Å². The Morgan fingerprint density at radius 2 is 1.80 bits per heavy atom. The molecular formula is C19H21NO5. The maximum atomic E-state index is 12.3. The van der Waals surface area contributed by atoms with Crippen LogP contribution < -0.4 is 14.8 Å². The van der Waals surface area contributed by atoms with Crippen LogP contribution in [0.4, 0.5) is 4.79 Å². The number of nitrogens with one attached hydrogen (secondary N) is 1. The summed E-state index contributed by atoms with van der Waals surface area (Å²) in [7, 11) is 0. The molecule has 1 heterocycles. The van der Waals surface area contributed by atoms with Gasteiger partial charge < -0.3 is 24.6 Å². The highest BCUT2D eigenvalue weighted by Gasteiger charge is 2.26. The van der Waals surface area contributed by atoms with Crippen molar-refractivity contribution in [3.63, 3.8) is 0 Å². The molecule has 1 aliphatic heterocycles. The summed E-state index contributed by atoms with van der Waals surface area (Å²) in [6.07, 6.45) is -0.571. The lowest BCUT2D eigenvalue weighted by molar-refractivity contribution is 0.0512. The summed E-state index contributed by atoms with van der Waals surface area (Å²) in [4.78, 5) is 12.3. The summed E-state index contributed by atoms with van der Waals surface area (Å²) in [6, 6.07) is 11.9. The van der Waals surface area contributed by atoms with Crippen LogP contribution in [0.15, 0.2) is 42.5 Å². The SMILES string of the molecule is CC(C)(C)OC(=O)N[C@H](c1ccccc1)c1cc2c(cc1O)OCO2. The summed E-state index contributed by atoms with van der Waals surface area (Å²) >= 11 is 0. The molecule has 0 bridgehead atoms. The van der Waals surface area contributed by atoms with Crippen molar-refractivity contribution in [3.05, 3.63) is 53.6 Å². The van der Waals surface area contributed by atoms with Gasteiger partial charge in [0.1, 0.15) is 11.4 Å². The van der Waals surface area contributed by atoms with E-state index in [1.807, 2.05) is 30.3 Å². The largest absolute Gasteiger partial charge is 0.507 e. The third-order valence-corrected chi connectivity index (χ3v) is 3.63. The second-order valence-corrected chi connectivity index (χ2v) is 6.75. The number of amides is 1. The monoisotopic (exact) mass is 343 g/mol. The molecule has 0 saturated carbocycles. The van der Waals surface area contributed by atoms with Crippen molar-refractivity contribution in [2.45, 2.75) is 32.4 Å². The molecule has 1 atom stereocenters. The van der Waals surface area contributed by atoms with Gasteiger partial charge in [0.15, 0.2) is 11.5 Å². The van der Waals surface area contributed by atoms with Crippen LogP contribution in [0, 0.1) is 0 Å². The van der Waals surface area contributed by atoms with Crippen molar-refractivity contribution in [1.82, 2.24) is 5.32 Å². The molecule has 2 aromatic rings. The highest BCUT2D eigenvalue weighted by molar-refractivity contribution is 5.70. The molecule has 2 N–H and O–H groups in total. The molecule has 2 aromatic carbocycles. The minimum absolute atomic E-state index is 0.00848. The summed E-state index contributed by atoms with van der Waals surface area (Å²) in [5.74, 6) is 1.01. The summed E-state index contributed by atoms with van der Waals surface area (Å²) in [5, 5.41) is 13.2. The number of ether oxygens (including phenoxy) is 3. The van der Waals surface area contributed by atoms with Crippen LogP contribution in [-0.2, 0) is 4.74 Å². The molecule has 0 unspecified atom stereocenters. The first-order chi connectivity index (χ1) is 11.8. The van der Waals surface area contributed by atoms with Gasteiger partial charge in [-0.2, -0.15) is 0 Å². The molecule has 0 saturated heterocycles. The van der Waals surface area contributed by atoms with Crippen LogP contribution in [0.5, 0.6) is 17.2 Å². The highest BCUT2D eigenvalue weighted by atomic mass is 16.7. The van der Waals surface area contributed by atoms with Gasteiger partial charge >= 0.3 is 6.09 Å². The second-order valence-electron chi connectivity index (χ2n) is 6.75. The first-order valence-electron chi connectivity index (χ1n) is 8.00. The van der Waals surface area contributed by atoms with Crippen LogP contribution in [0.1, 0.15) is 37.9 Å². The maximum Gasteiger partial charge on any atom is 0.408 e. The number of fused-ring (bicyclic) bond motifs is 1. The molecule has 0 fully saturated rings. The molecule has 0 aromatic heterocycles. The zero-order valence-electron chi connectivity index (χ0n) is 14.4. The van der Waals surface area contributed by atoms with Crippen molar-refractivity contribution in [2.24, 2.45) is 0 Å². The van der Waals surface area contributed by atoms with E-state index in [4.69, 9.17) is 14.2 Å². The van der Waals surface area contributed by atoms with Gasteiger partial charge in [0.2, 0.25) is 6.79 Å². The second kappa shape index (κ2) is 6.55. The molecule has 1 aliphatic rings. The van der Waals surface area contributed by atoms with E-state index in [0.29, 0.717) is 17.1 Å². The predicted molar refractivity (Wildman–Crippen MR) is 91.9 cm³/mol. The number of phenols is 1. The van der Waals surface area contributed by atoms with E-state index >= 15 is 0 Å². The number of rotatable bonds is 3. The lowest BCUT2D eigenvalue weighted by Gasteiger charge is -2.24. The van der Waals surface area contributed by atoms with E-state index in [-0.39, 0.29) is 12.5 Å². The van der Waals surface area contributed by atoms with Gasteiger partial charge in [0, 0.05) is 11.6 Å². The number of phenolic OH excluding ortho intramolecular Hbond substituents is 1. The number of hydrogen-bond acceptors (Lipinski definition) is 5. The third-order valence-electron chi connectivity index (χ3n) is 3.63. The van der Waals surface area contributed by atoms with Crippen molar-refractivity contribution in [1.29, 1.82) is 0 Å². The van der Waals surface area contributed by atoms with Crippen LogP contribution in [0.2, 0.25) is 0 Å². The van der Waals surface area contributed by atoms with Crippen molar-refractivity contribution in [3.8, 4) is 17.2 Å². The van der Waals surface area contributed by atoms with Gasteiger partial charge in [-0.25, -0.2) is 4.79 Å². The quantitative estimate of drug-likeness (QED) is 0.888. The Balaban J connectivity index is 1.96. The molecule has 6 heteroatoms. The molecule has 0 aliphatic carbocycles. The molecule has 0 spiro atoms. The Morgan fingerprint density at radius 1 is 1.16 bits per heavy atom. The van der Waals surface area contributed by atoms with Gasteiger partial charge in [-0.15, -0.1) is 0 Å². The van der Waals surface area contributed by atoms with E-state index < -0.39 is 17.7 Å². The van der Waals surface area contributed by atoms with E-state index in [9.17, 15) is 9.90 Å². The van der Waals surface area contributed by atoms with Gasteiger partial charge in [-0.05, 0) is 32.4 Å². The number of alkyl carbamates (subject to hydrolysis) is 1. The lowest BCUT2D eigenvalue weighted by atomic mass is 9.97. The summed E-state index contributed by atoms with van der Waals surface area (Å²) in [5.41, 5.74) is 0.686. The Kier molecular flexibility index (Phi) is 4.44. The van der Waals surface area contributed by atoms with E-state index in [1.54, 1.807) is 26.8 Å². The first-order valence-corrected chi connectivity index (χ1v) is 8.00. The molecule has 0 radical (unpaired) electrons. The highest BCUT2D eigenvalue weighted by Crippen LogP contribution is 2.41. The fourth-order valence-electron chi connectivity index (χ4n) is 2.59. The number of aromatic hydroxyl groups is 1. The Hall–Kier alpha value is -2.89. The normalized spacial score (nSPS) is 14.0. The standard InChI is InChI=1S/C19H21NO5/c1-19(2,3)25-18(22)20-17(12-7-5-4-6-8-12)13-9-15-16(10-14(13)21)24-11-23-15/h4-10,17,21H,11H2,1-3H3,(H,20,22)/t17-/m1/s1. The van der Waals surface area contributed by atoms with Crippen LogP contribution >= 0.6 is 0 Å². The van der Waals surface area contributed by atoms with Gasteiger partial charge in [0.25, 0.3) is 0 Å². The molecule has 6 nitrogen and oxygen atoms in total. The first kappa shape index (κ1) is 17.0. The topological polar surface area (TPSA) is 77.0 Å². The third kappa shape index (κ3) is 3.96. The van der Waals surface area contributed by atoms with Crippen LogP contribution in [-0.4, -0.2) is 23.6 Å². The zero-order valence-corrected chi connectivity index (χ0v) is 14.4. The summed E-state index contributed by atoms with van der Waals surface area (Å²) < 4.78 is 16.0. The summed E-state index contributed by atoms with van der Waals surface area (Å²) in [6.45, 7) is 5.49.